The van der Waals surface area contributed by atoms with Gasteiger partial charge < -0.3 is 20.8 Å². The molecule has 3 atom stereocenters. The molecule has 1 aliphatic rings. The lowest BCUT2D eigenvalue weighted by Gasteiger charge is -2.28. The van der Waals surface area contributed by atoms with Gasteiger partial charge in [-0.05, 0) is 43.7 Å². The molecule has 0 radical (unpaired) electrons. The molecule has 1 saturated heterocycles. The van der Waals surface area contributed by atoms with Gasteiger partial charge in [-0.2, -0.15) is 13.2 Å². The Morgan fingerprint density at radius 3 is 2.78 bits per heavy atom. The predicted molar refractivity (Wildman–Crippen MR) is 110 cm³/mol. The molecule has 0 aliphatic carbocycles. The highest BCUT2D eigenvalue weighted by Gasteiger charge is 2.52. The lowest BCUT2D eigenvalue weighted by atomic mass is 9.92. The van der Waals surface area contributed by atoms with E-state index < -0.39 is 36.2 Å². The van der Waals surface area contributed by atoms with Crippen LogP contribution in [0.25, 0.3) is 17.0 Å². The van der Waals surface area contributed by atoms with Crippen LogP contribution >= 0.6 is 0 Å². The number of alkyl halides is 4. The Kier molecular flexibility index (Phi) is 5.82. The van der Waals surface area contributed by atoms with E-state index in [1.54, 1.807) is 18.2 Å². The summed E-state index contributed by atoms with van der Waals surface area (Å²) < 4.78 is 56.0. The van der Waals surface area contributed by atoms with Crippen LogP contribution in [-0.2, 0) is 12.2 Å². The number of rotatable bonds is 5. The smallest absolute Gasteiger partial charge is 0.392 e. The fourth-order valence-electron chi connectivity index (χ4n) is 3.79. The Bertz CT molecular complexity index is 1120. The third-order valence-corrected chi connectivity index (χ3v) is 5.72. The van der Waals surface area contributed by atoms with Crippen LogP contribution < -0.4 is 10.6 Å². The number of aliphatic hydroxyl groups is 2. The zero-order valence-corrected chi connectivity index (χ0v) is 17.2. The first kappa shape index (κ1) is 22.4. The van der Waals surface area contributed by atoms with Crippen molar-refractivity contribution < 1.29 is 27.8 Å². The molecular formula is C21H23F4N5O2. The molecule has 1 aliphatic heterocycles. The van der Waals surface area contributed by atoms with Gasteiger partial charge in [0, 0.05) is 18.3 Å². The molecule has 3 aromatic heterocycles. The van der Waals surface area contributed by atoms with E-state index in [0.717, 1.165) is 6.20 Å². The summed E-state index contributed by atoms with van der Waals surface area (Å²) in [6.45, 7) is 0.993. The predicted octanol–water partition coefficient (Wildman–Crippen LogP) is 2.77. The van der Waals surface area contributed by atoms with Gasteiger partial charge >= 0.3 is 6.18 Å². The van der Waals surface area contributed by atoms with Crippen LogP contribution in [-0.4, -0.2) is 56.1 Å². The number of aromatic nitrogens is 3. The maximum absolute atomic E-state index is 14.2. The van der Waals surface area contributed by atoms with Crippen LogP contribution in [0.5, 0.6) is 0 Å². The van der Waals surface area contributed by atoms with Crippen molar-refractivity contribution in [3.63, 3.8) is 0 Å². The topological polar surface area (TPSA) is 94.7 Å². The zero-order chi connectivity index (χ0) is 23.1. The number of aliphatic hydroxyl groups excluding tert-OH is 1. The largest absolute Gasteiger partial charge is 0.421 e. The number of hydrogen-bond acceptors (Lipinski definition) is 6. The summed E-state index contributed by atoms with van der Waals surface area (Å²) in [6.07, 6.45) is -3.04. The molecule has 1 unspecified atom stereocenters. The molecule has 172 valence electrons. The van der Waals surface area contributed by atoms with Gasteiger partial charge in [-0.1, -0.05) is 6.07 Å². The van der Waals surface area contributed by atoms with Gasteiger partial charge in [-0.15, -0.1) is 0 Å². The van der Waals surface area contributed by atoms with Crippen molar-refractivity contribution in [1.82, 2.24) is 19.7 Å². The summed E-state index contributed by atoms with van der Waals surface area (Å²) in [4.78, 5) is 8.68. The standard InChI is InChI=1S/C21H23F4N5O2/c1-20(32,21(23,24)25)13-10-30-17(9-27-19(30)7-12(13)11-31)15-3-2-4-18(28-15)29-16-8-26-6-5-14(16)22/h2-4,7,9-10,14,16,26,31-32H,5-6,8,11H2,1H3,(H,28,29)/t14-,16-,20?/m0/s1. The van der Waals surface area contributed by atoms with E-state index in [4.69, 9.17) is 0 Å². The van der Waals surface area contributed by atoms with Crippen molar-refractivity contribution in [2.75, 3.05) is 18.4 Å². The first-order valence-electron chi connectivity index (χ1n) is 10.1. The van der Waals surface area contributed by atoms with Crippen molar-refractivity contribution in [1.29, 1.82) is 0 Å². The number of nitrogens with one attached hydrogen (secondary N) is 2. The van der Waals surface area contributed by atoms with Gasteiger partial charge in [0.15, 0.2) is 5.60 Å². The van der Waals surface area contributed by atoms with Gasteiger partial charge in [0.25, 0.3) is 0 Å². The van der Waals surface area contributed by atoms with E-state index in [0.29, 0.717) is 43.6 Å². The summed E-state index contributed by atoms with van der Waals surface area (Å²) in [7, 11) is 0. The fourth-order valence-corrected chi connectivity index (χ4v) is 3.79. The lowest BCUT2D eigenvalue weighted by Crippen LogP contribution is -2.46. The molecule has 0 spiro atoms. The van der Waals surface area contributed by atoms with Gasteiger partial charge in [-0.25, -0.2) is 14.4 Å². The molecular weight excluding hydrogens is 430 g/mol. The van der Waals surface area contributed by atoms with Crippen LogP contribution in [0.2, 0.25) is 0 Å². The molecule has 4 heterocycles. The summed E-state index contributed by atoms with van der Waals surface area (Å²) in [5.41, 5.74) is -2.68. The van der Waals surface area contributed by atoms with E-state index in [1.165, 1.54) is 16.7 Å². The molecule has 11 heteroatoms. The van der Waals surface area contributed by atoms with Crippen LogP contribution in [0, 0.1) is 0 Å². The zero-order valence-electron chi connectivity index (χ0n) is 17.2. The third-order valence-electron chi connectivity index (χ3n) is 5.72. The quantitative estimate of drug-likeness (QED) is 0.444. The Morgan fingerprint density at radius 1 is 1.31 bits per heavy atom. The second kappa shape index (κ2) is 8.30. The molecule has 1 fully saturated rings. The Balaban J connectivity index is 1.75. The van der Waals surface area contributed by atoms with Crippen LogP contribution in [0.4, 0.5) is 23.4 Å². The Hall–Kier alpha value is -2.76. The van der Waals surface area contributed by atoms with Gasteiger partial charge in [-0.3, -0.25) is 4.40 Å². The molecule has 4 rings (SSSR count). The second-order valence-corrected chi connectivity index (χ2v) is 7.98. The lowest BCUT2D eigenvalue weighted by molar-refractivity contribution is -0.259. The Morgan fingerprint density at radius 2 is 2.09 bits per heavy atom. The van der Waals surface area contributed by atoms with E-state index in [2.05, 4.69) is 20.6 Å². The summed E-state index contributed by atoms with van der Waals surface area (Å²) in [5.74, 6) is 0.420. The number of anilines is 1. The number of halogens is 4. The van der Waals surface area contributed by atoms with Crippen LogP contribution in [0.3, 0.4) is 0 Å². The maximum Gasteiger partial charge on any atom is 0.421 e. The van der Waals surface area contributed by atoms with Gasteiger partial charge in [0.05, 0.1) is 30.2 Å². The highest BCUT2D eigenvalue weighted by molar-refractivity contribution is 5.63. The van der Waals surface area contributed by atoms with Crippen LogP contribution in [0.15, 0.2) is 36.7 Å². The van der Waals surface area contributed by atoms with E-state index in [9.17, 15) is 27.8 Å². The molecule has 7 nitrogen and oxygen atoms in total. The highest BCUT2D eigenvalue weighted by atomic mass is 19.4. The van der Waals surface area contributed by atoms with Crippen molar-refractivity contribution in [3.05, 3.63) is 47.8 Å². The number of pyridine rings is 2. The van der Waals surface area contributed by atoms with Crippen molar-refractivity contribution in [2.24, 2.45) is 0 Å². The van der Waals surface area contributed by atoms with Crippen molar-refractivity contribution in [3.8, 4) is 11.4 Å². The molecule has 0 bridgehead atoms. The summed E-state index contributed by atoms with van der Waals surface area (Å²) >= 11 is 0. The average Bonchev–Trinajstić information content (AvgIpc) is 3.17. The van der Waals surface area contributed by atoms with Crippen molar-refractivity contribution in [2.45, 2.75) is 43.9 Å². The third kappa shape index (κ3) is 4.03. The van der Waals surface area contributed by atoms with E-state index in [1.807, 2.05) is 0 Å². The number of nitrogens with zero attached hydrogens (tertiary/aromatic N) is 3. The van der Waals surface area contributed by atoms with Crippen LogP contribution in [0.1, 0.15) is 24.5 Å². The van der Waals surface area contributed by atoms with Crippen molar-refractivity contribution >= 4 is 11.5 Å². The second-order valence-electron chi connectivity index (χ2n) is 7.98. The minimum Gasteiger partial charge on any atom is -0.392 e. The SMILES string of the molecule is CC(O)(c1cn2c(-c3cccc(N[C@H]4CNCC[C@@H]4F)n3)cnc2cc1CO)C(F)(F)F. The fraction of sp³-hybridized carbons (Fsp3) is 0.429. The monoisotopic (exact) mass is 453 g/mol. The van der Waals surface area contributed by atoms with Gasteiger partial charge in [0.1, 0.15) is 17.6 Å². The molecule has 4 N–H and O–H groups in total. The number of imidazole rings is 1. The molecule has 32 heavy (non-hydrogen) atoms. The summed E-state index contributed by atoms with van der Waals surface area (Å²) in [5, 5.41) is 25.9. The van der Waals surface area contributed by atoms with E-state index in [-0.39, 0.29) is 11.2 Å². The summed E-state index contributed by atoms with van der Waals surface area (Å²) in [6, 6.07) is 5.87. The van der Waals surface area contributed by atoms with Gasteiger partial charge in [0.2, 0.25) is 0 Å². The molecule has 0 aromatic carbocycles. The number of piperidine rings is 1. The highest BCUT2D eigenvalue weighted by Crippen LogP contribution is 2.40. The first-order valence-corrected chi connectivity index (χ1v) is 10.1. The van der Waals surface area contributed by atoms with E-state index >= 15 is 0 Å². The number of fused-ring (bicyclic) bond motifs is 1. The maximum atomic E-state index is 14.2. The molecule has 0 saturated carbocycles. The normalized spacial score (nSPS) is 21.5. The minimum atomic E-state index is -4.95. The molecule has 3 aromatic rings. The minimum absolute atomic E-state index is 0.0841. The molecule has 0 amide bonds. The number of hydrogen-bond donors (Lipinski definition) is 4. The first-order chi connectivity index (χ1) is 15.1. The Labute approximate surface area is 181 Å². The average molecular weight is 453 g/mol.